The van der Waals surface area contributed by atoms with Gasteiger partial charge in [0.1, 0.15) is 6.20 Å². The largest absolute Gasteiger partial charge is 0.465 e. The maximum absolute atomic E-state index is 11.2. The van der Waals surface area contributed by atoms with Crippen LogP contribution >= 0.6 is 0 Å². The predicted octanol–water partition coefficient (Wildman–Crippen LogP) is 0.887. The lowest BCUT2D eigenvalue weighted by atomic mass is 10.3. The molecule has 1 aromatic rings. The van der Waals surface area contributed by atoms with Gasteiger partial charge in [-0.25, -0.2) is 9.78 Å². The molecule has 0 amide bonds. The van der Waals surface area contributed by atoms with E-state index in [-0.39, 0.29) is 5.97 Å². The van der Waals surface area contributed by atoms with Crippen molar-refractivity contribution in [2.24, 2.45) is 0 Å². The van der Waals surface area contributed by atoms with Crippen molar-refractivity contribution in [2.45, 2.75) is 12.8 Å². The first-order valence-electron chi connectivity index (χ1n) is 5.16. The van der Waals surface area contributed by atoms with E-state index in [1.54, 1.807) is 12.3 Å². The lowest BCUT2D eigenvalue weighted by Crippen LogP contribution is -2.26. The number of hydrogen-bond donors (Lipinski definition) is 0. The molecule has 4 nitrogen and oxygen atoms in total. The molecule has 0 atom stereocenters. The molecule has 1 aromatic heterocycles. The third-order valence-corrected chi connectivity index (χ3v) is 2.66. The molecule has 0 bridgehead atoms. The molecule has 0 aromatic carbocycles. The number of aromatic nitrogens is 1. The fourth-order valence-corrected chi connectivity index (χ4v) is 1.82. The Hall–Kier alpha value is -1.58. The van der Waals surface area contributed by atoms with Gasteiger partial charge in [-0.1, -0.05) is 0 Å². The summed E-state index contributed by atoms with van der Waals surface area (Å²) >= 11 is 0. The lowest BCUT2D eigenvalue weighted by Gasteiger charge is -2.07. The first kappa shape index (κ1) is 9.96. The van der Waals surface area contributed by atoms with E-state index in [4.69, 9.17) is 0 Å². The Kier molecular flexibility index (Phi) is 2.85. The molecule has 2 rings (SSSR count). The van der Waals surface area contributed by atoms with Crippen LogP contribution in [-0.4, -0.2) is 26.2 Å². The van der Waals surface area contributed by atoms with Crippen LogP contribution in [0.3, 0.4) is 0 Å². The summed E-state index contributed by atoms with van der Waals surface area (Å²) in [6, 6.07) is 3.72. The molecular formula is C11H15N2O2+. The van der Waals surface area contributed by atoms with Gasteiger partial charge < -0.3 is 4.74 Å². The summed E-state index contributed by atoms with van der Waals surface area (Å²) in [6.45, 7) is 2.18. The first-order valence-corrected chi connectivity index (χ1v) is 5.16. The molecule has 1 fully saturated rings. The zero-order valence-corrected chi connectivity index (χ0v) is 8.82. The minimum Gasteiger partial charge on any atom is -0.465 e. The highest BCUT2D eigenvalue weighted by molar-refractivity contribution is 5.88. The van der Waals surface area contributed by atoms with Gasteiger partial charge in [-0.2, -0.15) is 0 Å². The fraction of sp³-hybridized carbons (Fsp3) is 0.455. The standard InChI is InChI=1S/C11H14N2O2/c1-15-11(14)9-4-5-10(12-8-9)13-6-2-3-7-13/h4-5,8H,2-3,6-7H2,1H3/p+1. The third kappa shape index (κ3) is 2.09. The van der Waals surface area contributed by atoms with Crippen molar-refractivity contribution in [2.75, 3.05) is 25.1 Å². The van der Waals surface area contributed by atoms with Crippen molar-refractivity contribution in [3.05, 3.63) is 23.9 Å². The number of carbonyl (C=O) groups excluding carboxylic acids is 1. The van der Waals surface area contributed by atoms with E-state index in [1.807, 2.05) is 6.07 Å². The molecule has 0 aliphatic carbocycles. The van der Waals surface area contributed by atoms with Crippen molar-refractivity contribution in [1.82, 2.24) is 0 Å². The Morgan fingerprint density at radius 2 is 2.13 bits per heavy atom. The topological polar surface area (TPSA) is 43.7 Å². The van der Waals surface area contributed by atoms with E-state index in [2.05, 4.69) is 14.6 Å². The van der Waals surface area contributed by atoms with E-state index in [1.165, 1.54) is 20.0 Å². The van der Waals surface area contributed by atoms with E-state index < -0.39 is 0 Å². The van der Waals surface area contributed by atoms with Crippen LogP contribution in [0.5, 0.6) is 0 Å². The monoisotopic (exact) mass is 207 g/mol. The normalized spacial score (nSPS) is 15.4. The molecule has 1 aliphatic heterocycles. The average Bonchev–Trinajstić information content (AvgIpc) is 2.82. The number of anilines is 1. The quantitative estimate of drug-likeness (QED) is 0.676. The van der Waals surface area contributed by atoms with Gasteiger partial charge in [0.25, 0.3) is 5.82 Å². The zero-order chi connectivity index (χ0) is 10.7. The molecule has 2 heterocycles. The number of ether oxygens (including phenoxy) is 1. The summed E-state index contributed by atoms with van der Waals surface area (Å²) in [7, 11) is 1.39. The maximum Gasteiger partial charge on any atom is 0.341 e. The van der Waals surface area contributed by atoms with Gasteiger partial charge in [-0.15, -0.1) is 0 Å². The number of methoxy groups -OCH3 is 1. The number of hydrogen-bond acceptors (Lipinski definition) is 3. The number of nitrogens with one attached hydrogen (secondary N) is 1. The van der Waals surface area contributed by atoms with Crippen molar-refractivity contribution in [3.63, 3.8) is 0 Å². The van der Waals surface area contributed by atoms with Crippen LogP contribution < -0.4 is 9.88 Å². The second kappa shape index (κ2) is 4.29. The molecule has 80 valence electrons. The predicted molar refractivity (Wildman–Crippen MR) is 55.8 cm³/mol. The van der Waals surface area contributed by atoms with Crippen molar-refractivity contribution >= 4 is 11.8 Å². The number of nitrogens with zero attached hydrogens (tertiary/aromatic N) is 1. The number of esters is 1. The van der Waals surface area contributed by atoms with Crippen LogP contribution in [0.1, 0.15) is 23.2 Å². The van der Waals surface area contributed by atoms with E-state index in [9.17, 15) is 4.79 Å². The summed E-state index contributed by atoms with van der Waals surface area (Å²) in [6.07, 6.45) is 4.18. The number of rotatable bonds is 2. The summed E-state index contributed by atoms with van der Waals surface area (Å²) < 4.78 is 4.63. The fourth-order valence-electron chi connectivity index (χ4n) is 1.82. The Labute approximate surface area is 88.9 Å². The van der Waals surface area contributed by atoms with Gasteiger partial charge in [0.15, 0.2) is 0 Å². The minimum atomic E-state index is -0.306. The van der Waals surface area contributed by atoms with Crippen LogP contribution in [-0.2, 0) is 4.74 Å². The molecule has 0 unspecified atom stereocenters. The molecule has 1 N–H and O–H groups in total. The van der Waals surface area contributed by atoms with Crippen LogP contribution in [0.4, 0.5) is 5.82 Å². The summed E-state index contributed by atoms with van der Waals surface area (Å²) in [5.74, 6) is 0.763. The molecule has 1 saturated heterocycles. The summed E-state index contributed by atoms with van der Waals surface area (Å²) in [4.78, 5) is 16.6. The van der Waals surface area contributed by atoms with E-state index in [0.29, 0.717) is 5.56 Å². The van der Waals surface area contributed by atoms with E-state index in [0.717, 1.165) is 18.9 Å². The number of aromatic amines is 1. The van der Waals surface area contributed by atoms with Gasteiger partial charge >= 0.3 is 5.97 Å². The molecule has 1 aliphatic rings. The molecule has 4 heteroatoms. The van der Waals surface area contributed by atoms with Crippen LogP contribution in [0, 0.1) is 0 Å². The van der Waals surface area contributed by atoms with Crippen molar-refractivity contribution in [1.29, 1.82) is 0 Å². The molecule has 0 spiro atoms. The zero-order valence-electron chi connectivity index (χ0n) is 8.82. The van der Waals surface area contributed by atoms with Crippen molar-refractivity contribution < 1.29 is 14.5 Å². The van der Waals surface area contributed by atoms with Gasteiger partial charge in [0.05, 0.1) is 25.8 Å². The Morgan fingerprint density at radius 1 is 1.40 bits per heavy atom. The summed E-state index contributed by atoms with van der Waals surface area (Å²) in [5.41, 5.74) is 0.556. The molecule has 0 radical (unpaired) electrons. The Morgan fingerprint density at radius 3 is 2.67 bits per heavy atom. The van der Waals surface area contributed by atoms with Gasteiger partial charge in [-0.05, 0) is 18.9 Å². The number of pyridine rings is 1. The van der Waals surface area contributed by atoms with Gasteiger partial charge in [0.2, 0.25) is 0 Å². The van der Waals surface area contributed by atoms with E-state index >= 15 is 0 Å². The number of H-pyrrole nitrogens is 1. The highest BCUT2D eigenvalue weighted by atomic mass is 16.5. The third-order valence-electron chi connectivity index (χ3n) is 2.66. The van der Waals surface area contributed by atoms with Crippen molar-refractivity contribution in [3.8, 4) is 0 Å². The van der Waals surface area contributed by atoms with Crippen LogP contribution in [0.15, 0.2) is 18.3 Å². The minimum absolute atomic E-state index is 0.306. The first-order chi connectivity index (χ1) is 7.31. The highest BCUT2D eigenvalue weighted by Gasteiger charge is 2.20. The molecule has 15 heavy (non-hydrogen) atoms. The van der Waals surface area contributed by atoms with Gasteiger partial charge in [-0.3, -0.25) is 4.90 Å². The lowest BCUT2D eigenvalue weighted by molar-refractivity contribution is -0.364. The highest BCUT2D eigenvalue weighted by Crippen LogP contribution is 2.14. The second-order valence-electron chi connectivity index (χ2n) is 3.65. The maximum atomic E-state index is 11.2. The smallest absolute Gasteiger partial charge is 0.341 e. The van der Waals surface area contributed by atoms with Crippen LogP contribution in [0.2, 0.25) is 0 Å². The van der Waals surface area contributed by atoms with Gasteiger partial charge in [0, 0.05) is 6.07 Å². The molecular weight excluding hydrogens is 192 g/mol. The second-order valence-corrected chi connectivity index (χ2v) is 3.65. The Balaban J connectivity index is 2.12. The summed E-state index contributed by atoms with van der Waals surface area (Å²) in [5, 5.41) is 0. The average molecular weight is 207 g/mol. The van der Waals surface area contributed by atoms with Crippen LogP contribution in [0.25, 0.3) is 0 Å². The SMILES string of the molecule is COC(=O)c1ccc(N2CCCC2)[nH+]c1. The Bertz CT molecular complexity index is 342. The molecule has 0 saturated carbocycles. The number of carbonyl (C=O) groups is 1.